The summed E-state index contributed by atoms with van der Waals surface area (Å²) in [4.78, 5) is 81.6. The Kier molecular flexibility index (Phi) is 27.0. The van der Waals surface area contributed by atoms with Gasteiger partial charge < -0.3 is 37.0 Å². The van der Waals surface area contributed by atoms with E-state index >= 15 is 0 Å². The van der Waals surface area contributed by atoms with E-state index in [1.165, 1.54) is 32.1 Å². The van der Waals surface area contributed by atoms with Crippen LogP contribution in [-0.2, 0) is 33.6 Å². The molecule has 0 rings (SSSR count). The number of amides is 4. The van der Waals surface area contributed by atoms with Crippen molar-refractivity contribution in [3.05, 3.63) is 0 Å². The van der Waals surface area contributed by atoms with E-state index < -0.39 is 41.8 Å². The summed E-state index contributed by atoms with van der Waals surface area (Å²) in [5.74, 6) is -5.43. The molecule has 0 heterocycles. The number of aliphatic carboxylic acids is 3. The minimum atomic E-state index is -1.33. The molecule has 49 heavy (non-hydrogen) atoms. The third-order valence-electron chi connectivity index (χ3n) is 8.50. The Hall–Kier alpha value is -3.71. The van der Waals surface area contributed by atoms with Gasteiger partial charge in [0.1, 0.15) is 12.1 Å². The van der Waals surface area contributed by atoms with E-state index in [1.807, 2.05) is 0 Å². The molecular formula is C35H62N4O10. The largest absolute Gasteiger partial charge is 0.481 e. The molecule has 0 saturated heterocycles. The Labute approximate surface area is 291 Å². The van der Waals surface area contributed by atoms with Crippen LogP contribution in [0.4, 0.5) is 0 Å². The van der Waals surface area contributed by atoms with Crippen LogP contribution >= 0.6 is 0 Å². The van der Waals surface area contributed by atoms with Gasteiger partial charge in [-0.2, -0.15) is 0 Å². The summed E-state index contributed by atoms with van der Waals surface area (Å²) < 4.78 is 0. The van der Waals surface area contributed by atoms with E-state index in [4.69, 9.17) is 10.8 Å². The number of carboxylic acid groups (broad SMARTS) is 3. The van der Waals surface area contributed by atoms with E-state index in [0.29, 0.717) is 32.2 Å². The fourth-order valence-electron chi connectivity index (χ4n) is 5.32. The molecule has 4 amide bonds. The van der Waals surface area contributed by atoms with Crippen LogP contribution in [0.5, 0.6) is 0 Å². The third-order valence-corrected chi connectivity index (χ3v) is 8.50. The van der Waals surface area contributed by atoms with Crippen molar-refractivity contribution in [1.82, 2.24) is 16.0 Å². The van der Waals surface area contributed by atoms with Crippen LogP contribution in [0.3, 0.4) is 0 Å². The lowest BCUT2D eigenvalue weighted by Crippen LogP contribution is -2.44. The molecular weight excluding hydrogens is 636 g/mol. The number of rotatable bonds is 33. The first-order chi connectivity index (χ1) is 23.3. The van der Waals surface area contributed by atoms with E-state index in [1.54, 1.807) is 6.92 Å². The zero-order valence-electron chi connectivity index (χ0n) is 29.5. The lowest BCUT2D eigenvalue weighted by molar-refractivity contribution is -0.143. The topological polar surface area (TPSA) is 242 Å². The predicted molar refractivity (Wildman–Crippen MR) is 184 cm³/mol. The summed E-state index contributed by atoms with van der Waals surface area (Å²) in [6.07, 6.45) is 16.3. The molecule has 14 nitrogen and oxygen atoms in total. The summed E-state index contributed by atoms with van der Waals surface area (Å²) >= 11 is 0. The molecule has 0 aliphatic rings. The van der Waals surface area contributed by atoms with E-state index in [9.17, 15) is 43.8 Å². The monoisotopic (exact) mass is 698 g/mol. The maximum Gasteiger partial charge on any atom is 0.326 e. The molecule has 0 aliphatic heterocycles. The molecule has 0 fully saturated rings. The van der Waals surface area contributed by atoms with E-state index in [2.05, 4.69) is 16.0 Å². The van der Waals surface area contributed by atoms with Crippen LogP contribution in [0.15, 0.2) is 0 Å². The second-order valence-corrected chi connectivity index (χ2v) is 13.0. The lowest BCUT2D eigenvalue weighted by atomic mass is 10.0. The minimum absolute atomic E-state index is 0.135. The Morgan fingerprint density at radius 3 is 1.29 bits per heavy atom. The Bertz CT molecular complexity index is 1010. The van der Waals surface area contributed by atoms with Gasteiger partial charge in [0.2, 0.25) is 23.6 Å². The molecule has 0 aromatic carbocycles. The lowest BCUT2D eigenvalue weighted by Gasteiger charge is -2.17. The molecule has 0 aromatic heterocycles. The zero-order valence-corrected chi connectivity index (χ0v) is 29.5. The predicted octanol–water partition coefficient (Wildman–Crippen LogP) is 4.42. The van der Waals surface area contributed by atoms with Gasteiger partial charge in [-0.1, -0.05) is 90.4 Å². The zero-order chi connectivity index (χ0) is 36.9. The number of hydrogen-bond acceptors (Lipinski definition) is 7. The van der Waals surface area contributed by atoms with Crippen molar-refractivity contribution in [3.63, 3.8) is 0 Å². The number of nitrogens with two attached hydrogens (primary N) is 1. The highest BCUT2D eigenvalue weighted by Crippen LogP contribution is 2.14. The van der Waals surface area contributed by atoms with Crippen molar-refractivity contribution in [2.45, 2.75) is 167 Å². The van der Waals surface area contributed by atoms with Gasteiger partial charge in [0.25, 0.3) is 0 Å². The maximum atomic E-state index is 12.4. The molecule has 2 unspecified atom stereocenters. The molecule has 0 saturated carbocycles. The first-order valence-electron chi connectivity index (χ1n) is 18.2. The second-order valence-electron chi connectivity index (χ2n) is 13.0. The Morgan fingerprint density at radius 2 is 0.878 bits per heavy atom. The molecule has 0 aromatic rings. The van der Waals surface area contributed by atoms with Crippen molar-refractivity contribution < 1.29 is 48.9 Å². The minimum Gasteiger partial charge on any atom is -0.481 e. The summed E-state index contributed by atoms with van der Waals surface area (Å²) in [5.41, 5.74) is 5.21. The van der Waals surface area contributed by atoms with Crippen molar-refractivity contribution in [1.29, 1.82) is 0 Å². The van der Waals surface area contributed by atoms with Crippen LogP contribution < -0.4 is 21.7 Å². The molecule has 0 aliphatic carbocycles. The van der Waals surface area contributed by atoms with Crippen molar-refractivity contribution in [3.8, 4) is 0 Å². The first-order valence-corrected chi connectivity index (χ1v) is 18.2. The normalized spacial score (nSPS) is 12.8. The fraction of sp³-hybridized carbons (Fsp3) is 0.800. The molecule has 282 valence electrons. The number of carbonyl (C=O) groups excluding carboxylic acids is 4. The highest BCUT2D eigenvalue weighted by Gasteiger charge is 2.24. The third kappa shape index (κ3) is 27.9. The number of carbonyl (C=O) groups is 7. The number of carboxylic acids is 3. The smallest absolute Gasteiger partial charge is 0.326 e. The molecule has 0 spiro atoms. The van der Waals surface area contributed by atoms with Gasteiger partial charge in [-0.05, 0) is 38.5 Å². The summed E-state index contributed by atoms with van der Waals surface area (Å²) in [7, 11) is 0. The molecule has 8 N–H and O–H groups in total. The van der Waals surface area contributed by atoms with Gasteiger partial charge in [-0.3, -0.25) is 24.0 Å². The molecule has 14 heteroatoms. The van der Waals surface area contributed by atoms with Crippen molar-refractivity contribution >= 4 is 41.5 Å². The Balaban J connectivity index is 4.07. The van der Waals surface area contributed by atoms with Gasteiger partial charge in [0.05, 0.1) is 0 Å². The summed E-state index contributed by atoms with van der Waals surface area (Å²) in [5, 5.41) is 35.0. The van der Waals surface area contributed by atoms with Crippen LogP contribution in [0, 0.1) is 5.92 Å². The average Bonchev–Trinajstić information content (AvgIpc) is 3.03. The number of unbranched alkanes of at least 4 members (excludes halogenated alkanes) is 14. The maximum absolute atomic E-state index is 12.4. The SMILES string of the molecule is CC(CCCCNC(=O)CCC(NC(=O)CC[C@@H](NC(=O)CCCCCCCCCCCCCCCCC(=O)O)C(=O)O)C(=O)O)C(N)=O. The quantitative estimate of drug-likeness (QED) is 0.0476. The van der Waals surface area contributed by atoms with E-state index in [0.717, 1.165) is 51.4 Å². The van der Waals surface area contributed by atoms with Gasteiger partial charge in [0, 0.05) is 38.1 Å². The molecule has 0 radical (unpaired) electrons. The average molecular weight is 699 g/mol. The summed E-state index contributed by atoms with van der Waals surface area (Å²) in [6.45, 7) is 2.09. The van der Waals surface area contributed by atoms with E-state index in [-0.39, 0.29) is 56.3 Å². The Morgan fingerprint density at radius 1 is 0.490 bits per heavy atom. The van der Waals surface area contributed by atoms with Gasteiger partial charge in [0.15, 0.2) is 0 Å². The number of primary amides is 1. The van der Waals surface area contributed by atoms with Crippen molar-refractivity contribution in [2.24, 2.45) is 11.7 Å². The molecule has 0 bridgehead atoms. The van der Waals surface area contributed by atoms with Crippen molar-refractivity contribution in [2.75, 3.05) is 6.54 Å². The van der Waals surface area contributed by atoms with Crippen LogP contribution in [0.2, 0.25) is 0 Å². The van der Waals surface area contributed by atoms with Crippen LogP contribution in [0.25, 0.3) is 0 Å². The fourth-order valence-corrected chi connectivity index (χ4v) is 5.32. The van der Waals surface area contributed by atoms with Gasteiger partial charge in [-0.15, -0.1) is 0 Å². The highest BCUT2D eigenvalue weighted by molar-refractivity contribution is 5.86. The second kappa shape index (κ2) is 29.2. The number of nitrogens with one attached hydrogen (secondary N) is 3. The molecule has 3 atom stereocenters. The summed E-state index contributed by atoms with van der Waals surface area (Å²) in [6, 6.07) is -2.61. The van der Waals surface area contributed by atoms with Gasteiger partial charge in [-0.25, -0.2) is 9.59 Å². The van der Waals surface area contributed by atoms with Gasteiger partial charge >= 0.3 is 17.9 Å². The van der Waals surface area contributed by atoms with Crippen LogP contribution in [0.1, 0.15) is 155 Å². The van der Waals surface area contributed by atoms with Crippen LogP contribution in [-0.4, -0.2) is 75.5 Å². The number of hydrogen-bond donors (Lipinski definition) is 7. The standard InChI is InChI=1S/C35H62N4O10/c1-26(33(36)45)18-16-17-25-37-29(40)23-21-27(34(46)47)39-31(42)24-22-28(35(48)49)38-30(41)19-14-12-10-8-6-4-2-3-5-7-9-11-13-15-20-32(43)44/h26-28H,2-25H2,1H3,(H2,36,45)(H,37,40)(H,38,41)(H,39,42)(H,43,44)(H,46,47)(H,48,49)/t26?,27?,28-/m1/s1. The first kappa shape index (κ1) is 45.3. The highest BCUT2D eigenvalue weighted by atomic mass is 16.4.